The quantitative estimate of drug-likeness (QED) is 0.0568. The van der Waals surface area contributed by atoms with Crippen LogP contribution in [0.1, 0.15) is 90.9 Å². The van der Waals surface area contributed by atoms with Crippen LogP contribution in [0.3, 0.4) is 0 Å². The molecule has 4 aromatic rings. The van der Waals surface area contributed by atoms with Crippen molar-refractivity contribution in [3.05, 3.63) is 107 Å². The van der Waals surface area contributed by atoms with E-state index in [1.54, 1.807) is 16.7 Å². The Bertz CT molecular complexity index is 2280. The highest BCUT2D eigenvalue weighted by molar-refractivity contribution is 7.99. The second-order valence-corrected chi connectivity index (χ2v) is 18.8. The summed E-state index contributed by atoms with van der Waals surface area (Å²) in [7, 11) is 0. The summed E-state index contributed by atoms with van der Waals surface area (Å²) in [5, 5.41) is 19.5. The number of hydrogen-bond donors (Lipinski definition) is 4. The number of aliphatic hydroxyl groups excluding tert-OH is 1. The molecule has 0 spiro atoms. The van der Waals surface area contributed by atoms with Gasteiger partial charge in [-0.25, -0.2) is 0 Å². The van der Waals surface area contributed by atoms with E-state index in [1.165, 1.54) is 30.4 Å². The zero-order valence-corrected chi connectivity index (χ0v) is 36.1. The Hall–Kier alpha value is -5.08. The van der Waals surface area contributed by atoms with Gasteiger partial charge in [0.05, 0.1) is 12.6 Å². The Morgan fingerprint density at radius 1 is 0.903 bits per heavy atom. The van der Waals surface area contributed by atoms with Crippen molar-refractivity contribution < 1.29 is 24.3 Å². The van der Waals surface area contributed by atoms with Gasteiger partial charge in [-0.3, -0.25) is 34.4 Å². The molecule has 9 rings (SSSR count). The molecule has 0 bridgehead atoms. The Labute approximate surface area is 368 Å². The third-order valence-corrected chi connectivity index (χ3v) is 14.9. The summed E-state index contributed by atoms with van der Waals surface area (Å²) in [6, 6.07) is 24.4. The summed E-state index contributed by atoms with van der Waals surface area (Å²) in [6.45, 7) is 5.37. The van der Waals surface area contributed by atoms with Crippen molar-refractivity contribution in [2.75, 3.05) is 49.2 Å². The van der Waals surface area contributed by atoms with Crippen molar-refractivity contribution in [3.8, 4) is 11.1 Å². The van der Waals surface area contributed by atoms with Gasteiger partial charge in [0.15, 0.2) is 0 Å². The van der Waals surface area contributed by atoms with Crippen molar-refractivity contribution in [2.45, 2.75) is 93.9 Å². The van der Waals surface area contributed by atoms with Crippen LogP contribution in [0.2, 0.25) is 0 Å². The number of benzene rings is 3. The van der Waals surface area contributed by atoms with E-state index in [2.05, 4.69) is 79.3 Å². The van der Waals surface area contributed by atoms with E-state index >= 15 is 0 Å². The first kappa shape index (κ1) is 42.2. The maximum atomic E-state index is 13.2. The van der Waals surface area contributed by atoms with Crippen LogP contribution in [0.5, 0.6) is 0 Å². The van der Waals surface area contributed by atoms with E-state index in [9.17, 15) is 24.3 Å². The number of piperidine rings is 2. The van der Waals surface area contributed by atoms with E-state index in [4.69, 9.17) is 0 Å². The lowest BCUT2D eigenvalue weighted by Crippen LogP contribution is -2.52. The minimum absolute atomic E-state index is 0.0234. The average Bonchev–Trinajstić information content (AvgIpc) is 3.86. The molecule has 3 aromatic carbocycles. The summed E-state index contributed by atoms with van der Waals surface area (Å²) < 4.78 is 0. The van der Waals surface area contributed by atoms with E-state index in [0.717, 1.165) is 90.7 Å². The largest absolute Gasteiger partial charge is 0.394 e. The molecule has 3 saturated heterocycles. The first-order valence-corrected chi connectivity index (χ1v) is 23.5. The predicted octanol–water partition coefficient (Wildman–Crippen LogP) is 6.86. The van der Waals surface area contributed by atoms with Gasteiger partial charge in [-0.05, 0) is 159 Å². The molecule has 4 atom stereocenters. The molecule has 1 unspecified atom stereocenters. The smallest absolute Gasteiger partial charge is 0.255 e. The van der Waals surface area contributed by atoms with Crippen molar-refractivity contribution in [1.82, 2.24) is 25.0 Å². The van der Waals surface area contributed by atoms with Gasteiger partial charge >= 0.3 is 0 Å². The fourth-order valence-corrected chi connectivity index (χ4v) is 11.5. The number of imide groups is 1. The number of fused-ring (bicyclic) bond motifs is 4. The molecule has 4 N–H and O–H groups in total. The highest BCUT2D eigenvalue weighted by atomic mass is 32.2. The van der Waals surface area contributed by atoms with Crippen LogP contribution in [0, 0.1) is 11.8 Å². The third kappa shape index (κ3) is 9.32. The van der Waals surface area contributed by atoms with Gasteiger partial charge in [0.25, 0.3) is 5.91 Å². The van der Waals surface area contributed by atoms with E-state index in [-0.39, 0.29) is 48.7 Å². The van der Waals surface area contributed by atoms with Crippen molar-refractivity contribution in [2.24, 2.45) is 11.8 Å². The normalized spacial score (nSPS) is 22.8. The van der Waals surface area contributed by atoms with Crippen LogP contribution in [-0.2, 0) is 27.5 Å². The molecule has 5 aliphatic heterocycles. The summed E-state index contributed by atoms with van der Waals surface area (Å²) in [4.78, 5) is 62.4. The van der Waals surface area contributed by atoms with Gasteiger partial charge in [-0.15, -0.1) is 11.8 Å². The number of likely N-dealkylation sites (tertiary alicyclic amines) is 2. The summed E-state index contributed by atoms with van der Waals surface area (Å²) in [5.41, 5.74) is 8.22. The number of carbonyl (C=O) groups excluding carboxylic acids is 4. The van der Waals surface area contributed by atoms with Gasteiger partial charge in [0, 0.05) is 72.1 Å². The van der Waals surface area contributed by atoms with Crippen molar-refractivity contribution in [1.29, 1.82) is 0 Å². The highest BCUT2D eigenvalue weighted by Crippen LogP contribution is 2.48. The van der Waals surface area contributed by atoms with Gasteiger partial charge in [-0.2, -0.15) is 0 Å². The van der Waals surface area contributed by atoms with Crippen LogP contribution in [0.4, 0.5) is 11.4 Å². The summed E-state index contributed by atoms with van der Waals surface area (Å²) in [6.07, 6.45) is 11.3. The molecular formula is C49H57N7O5S. The number of anilines is 2. The minimum atomic E-state index is -0.595. The van der Waals surface area contributed by atoms with Gasteiger partial charge in [-0.1, -0.05) is 24.3 Å². The maximum absolute atomic E-state index is 13.2. The van der Waals surface area contributed by atoms with Gasteiger partial charge < -0.3 is 25.5 Å². The molecule has 4 amide bonds. The molecule has 1 aromatic heterocycles. The van der Waals surface area contributed by atoms with Crippen molar-refractivity contribution >= 4 is 46.8 Å². The fraction of sp³-hybridized carbons (Fsp3) is 0.449. The number of thioether (sulfide) groups is 1. The SMILES string of the molecule is O=C1CCC(N2Cc3c(SCCCC4CCN(CCCC(=O)Nc5cccc(-c6ccc7c(c6)[C@H]6[C@H](CCN6Cc6ccncc6)[C@@H](CO)N7)c5)CC4)cccc3C2=O)C(=O)N1. The Kier molecular flexibility index (Phi) is 13.0. The zero-order valence-electron chi connectivity index (χ0n) is 35.3. The second-order valence-electron chi connectivity index (χ2n) is 17.6. The number of nitrogens with zero attached hydrogens (tertiary/aromatic N) is 4. The molecule has 324 valence electrons. The van der Waals surface area contributed by atoms with Crippen molar-refractivity contribution in [3.63, 3.8) is 0 Å². The third-order valence-electron chi connectivity index (χ3n) is 13.7. The molecule has 12 nitrogen and oxygen atoms in total. The number of nitrogens with one attached hydrogen (secondary N) is 3. The Morgan fingerprint density at radius 3 is 2.55 bits per heavy atom. The number of aliphatic hydroxyl groups is 1. The molecule has 0 aliphatic carbocycles. The average molecular weight is 856 g/mol. The highest BCUT2D eigenvalue weighted by Gasteiger charge is 2.44. The fourth-order valence-electron chi connectivity index (χ4n) is 10.4. The summed E-state index contributed by atoms with van der Waals surface area (Å²) in [5.74, 6) is 1.26. The number of hydrogen-bond acceptors (Lipinski definition) is 10. The number of amides is 4. The Morgan fingerprint density at radius 2 is 1.73 bits per heavy atom. The maximum Gasteiger partial charge on any atom is 0.255 e. The number of pyridine rings is 1. The topological polar surface area (TPSA) is 147 Å². The van der Waals surface area contributed by atoms with Crippen LogP contribution in [0.25, 0.3) is 11.1 Å². The van der Waals surface area contributed by atoms with Crippen LogP contribution < -0.4 is 16.0 Å². The lowest BCUT2D eigenvalue weighted by molar-refractivity contribution is -0.137. The molecule has 62 heavy (non-hydrogen) atoms. The lowest BCUT2D eigenvalue weighted by Gasteiger charge is -2.39. The standard InChI is InChI=1S/C49H57N7O5S/c57-31-42-38-19-25-55(29-33-15-20-50-21-16-33)47(38)39-28-35(11-12-41(39)52-42)34-6-1-7-36(27-34)51-45(58)10-3-22-54-23-17-32(18-24-54)5-4-26-62-44-9-2-8-37-40(44)30-56(49(37)61)43-13-14-46(59)53-48(43)60/h1-2,6-9,11-12,15-16,20-21,27-28,32,38,42-43,47,52,57H,3-5,10,13-14,17-19,22-26,29-31H2,(H,51,58)(H,53,59,60)/t38-,42-,43?,47-/m1/s1. The second kappa shape index (κ2) is 19.1. The van der Waals surface area contributed by atoms with E-state index < -0.39 is 6.04 Å². The first-order valence-electron chi connectivity index (χ1n) is 22.5. The monoisotopic (exact) mass is 855 g/mol. The van der Waals surface area contributed by atoms with Gasteiger partial charge in [0.1, 0.15) is 6.04 Å². The molecule has 3 fully saturated rings. The first-order chi connectivity index (χ1) is 30.3. The molecule has 0 radical (unpaired) electrons. The van der Waals surface area contributed by atoms with E-state index in [1.807, 2.05) is 36.7 Å². The molecule has 6 heterocycles. The Balaban J connectivity index is 0.708. The lowest BCUT2D eigenvalue weighted by atomic mass is 9.82. The van der Waals surface area contributed by atoms with Crippen LogP contribution in [0.15, 0.2) is 90.1 Å². The zero-order chi connectivity index (χ0) is 42.6. The molecule has 5 aliphatic rings. The number of carbonyl (C=O) groups is 4. The van der Waals surface area contributed by atoms with Crippen LogP contribution in [-0.4, -0.2) is 99.0 Å². The number of rotatable bonds is 15. The van der Waals surface area contributed by atoms with E-state index in [0.29, 0.717) is 36.8 Å². The molecular weight excluding hydrogens is 799 g/mol. The van der Waals surface area contributed by atoms with Gasteiger partial charge in [0.2, 0.25) is 17.7 Å². The predicted molar refractivity (Wildman–Crippen MR) is 241 cm³/mol. The molecule has 0 saturated carbocycles. The molecule has 13 heteroatoms. The van der Waals surface area contributed by atoms with Crippen LogP contribution >= 0.6 is 11.8 Å². The number of aromatic nitrogens is 1. The summed E-state index contributed by atoms with van der Waals surface area (Å²) >= 11 is 1.79. The minimum Gasteiger partial charge on any atom is -0.394 e.